The average Bonchev–Trinajstić information content (AvgIpc) is 2.48. The smallest absolute Gasteiger partial charge is 0.281 e. The van der Waals surface area contributed by atoms with Crippen LogP contribution in [0, 0.1) is 5.41 Å². The fourth-order valence-electron chi connectivity index (χ4n) is 3.78. The van der Waals surface area contributed by atoms with E-state index in [-0.39, 0.29) is 0 Å². The zero-order chi connectivity index (χ0) is 15.3. The standard InChI is InChI=1S/C15H31N3O2S/c1-16-11-6-12-17(2)21(19,20)18-13-9-15(10-14-18)7-4-3-5-8-15/h16H,3-14H2,1-2H3. The Morgan fingerprint density at radius 3 is 2.29 bits per heavy atom. The lowest BCUT2D eigenvalue weighted by molar-refractivity contribution is 0.0999. The molecule has 2 fully saturated rings. The summed E-state index contributed by atoms with van der Waals surface area (Å²) < 4.78 is 28.4. The van der Waals surface area contributed by atoms with Crippen LogP contribution in [-0.2, 0) is 10.2 Å². The van der Waals surface area contributed by atoms with Gasteiger partial charge >= 0.3 is 0 Å². The van der Waals surface area contributed by atoms with Crippen LogP contribution in [-0.4, -0.2) is 57.3 Å². The fraction of sp³-hybridized carbons (Fsp3) is 1.00. The Balaban J connectivity index is 1.87. The fourth-order valence-corrected chi connectivity index (χ4v) is 5.18. The van der Waals surface area contributed by atoms with Crippen LogP contribution in [0.1, 0.15) is 51.4 Å². The molecule has 5 nitrogen and oxygen atoms in total. The summed E-state index contributed by atoms with van der Waals surface area (Å²) in [5, 5.41) is 3.06. The van der Waals surface area contributed by atoms with Gasteiger partial charge in [0.25, 0.3) is 10.2 Å². The van der Waals surface area contributed by atoms with Gasteiger partial charge in [-0.25, -0.2) is 0 Å². The van der Waals surface area contributed by atoms with E-state index in [1.54, 1.807) is 11.4 Å². The van der Waals surface area contributed by atoms with Gasteiger partial charge in [-0.3, -0.25) is 0 Å². The second-order valence-corrected chi connectivity index (χ2v) is 8.78. The van der Waals surface area contributed by atoms with Gasteiger partial charge in [0.05, 0.1) is 0 Å². The molecule has 1 spiro atoms. The topological polar surface area (TPSA) is 52.7 Å². The third-order valence-corrected chi connectivity index (χ3v) is 7.31. The van der Waals surface area contributed by atoms with Gasteiger partial charge in [-0.1, -0.05) is 19.3 Å². The Morgan fingerprint density at radius 1 is 1.10 bits per heavy atom. The van der Waals surface area contributed by atoms with Gasteiger partial charge in [-0.2, -0.15) is 17.0 Å². The van der Waals surface area contributed by atoms with E-state index >= 15 is 0 Å². The average molecular weight is 317 g/mol. The molecule has 0 unspecified atom stereocenters. The molecule has 0 aromatic heterocycles. The van der Waals surface area contributed by atoms with Crippen LogP contribution in [0.4, 0.5) is 0 Å². The van der Waals surface area contributed by atoms with Crippen LogP contribution >= 0.6 is 0 Å². The van der Waals surface area contributed by atoms with Crippen molar-refractivity contribution in [3.63, 3.8) is 0 Å². The van der Waals surface area contributed by atoms with Gasteiger partial charge < -0.3 is 5.32 Å². The highest BCUT2D eigenvalue weighted by Gasteiger charge is 2.39. The van der Waals surface area contributed by atoms with E-state index in [1.807, 2.05) is 7.05 Å². The maximum Gasteiger partial charge on any atom is 0.281 e. The Morgan fingerprint density at radius 2 is 1.71 bits per heavy atom. The summed E-state index contributed by atoms with van der Waals surface area (Å²) in [6.07, 6.45) is 9.58. The van der Waals surface area contributed by atoms with E-state index in [4.69, 9.17) is 0 Å². The van der Waals surface area contributed by atoms with Crippen molar-refractivity contribution in [3.05, 3.63) is 0 Å². The van der Waals surface area contributed by atoms with Crippen LogP contribution in [0.15, 0.2) is 0 Å². The maximum atomic E-state index is 12.6. The Bertz CT molecular complexity index is 409. The molecule has 1 heterocycles. The molecule has 1 aliphatic carbocycles. The number of nitrogens with zero attached hydrogens (tertiary/aromatic N) is 2. The molecule has 0 atom stereocenters. The van der Waals surface area contributed by atoms with Gasteiger partial charge in [-0.05, 0) is 51.1 Å². The number of rotatable bonds is 6. The predicted molar refractivity (Wildman–Crippen MR) is 86.4 cm³/mol. The molecule has 0 bridgehead atoms. The molecule has 0 aromatic carbocycles. The molecule has 1 saturated heterocycles. The summed E-state index contributed by atoms with van der Waals surface area (Å²) >= 11 is 0. The number of piperidine rings is 1. The van der Waals surface area contributed by atoms with E-state index in [0.717, 1.165) is 25.8 Å². The molecular weight excluding hydrogens is 286 g/mol. The lowest BCUT2D eigenvalue weighted by Crippen LogP contribution is -2.49. The SMILES string of the molecule is CNCCCN(C)S(=O)(=O)N1CCC2(CCCCC2)CC1. The highest BCUT2D eigenvalue weighted by Crippen LogP contribution is 2.44. The van der Waals surface area contributed by atoms with Crippen LogP contribution in [0.5, 0.6) is 0 Å². The molecule has 1 aliphatic heterocycles. The molecule has 0 radical (unpaired) electrons. The van der Waals surface area contributed by atoms with Crippen molar-refractivity contribution in [1.82, 2.24) is 13.9 Å². The van der Waals surface area contributed by atoms with E-state index in [0.29, 0.717) is 25.0 Å². The lowest BCUT2D eigenvalue weighted by Gasteiger charge is -2.44. The second kappa shape index (κ2) is 7.40. The number of nitrogens with one attached hydrogen (secondary N) is 1. The van der Waals surface area contributed by atoms with Crippen molar-refractivity contribution in [2.75, 3.05) is 40.3 Å². The third-order valence-electron chi connectivity index (χ3n) is 5.32. The van der Waals surface area contributed by atoms with Crippen molar-refractivity contribution in [3.8, 4) is 0 Å². The largest absolute Gasteiger partial charge is 0.320 e. The zero-order valence-corrected chi connectivity index (χ0v) is 14.4. The maximum absolute atomic E-state index is 12.6. The summed E-state index contributed by atoms with van der Waals surface area (Å²) in [5.41, 5.74) is 0.453. The first-order valence-corrected chi connectivity index (χ1v) is 9.76. The summed E-state index contributed by atoms with van der Waals surface area (Å²) in [5.74, 6) is 0. The Labute approximate surface area is 130 Å². The van der Waals surface area contributed by atoms with Gasteiger partial charge in [0.1, 0.15) is 0 Å². The minimum absolute atomic E-state index is 0.453. The summed E-state index contributed by atoms with van der Waals surface area (Å²) in [6.45, 7) is 2.85. The highest BCUT2D eigenvalue weighted by atomic mass is 32.2. The van der Waals surface area contributed by atoms with E-state index in [9.17, 15) is 8.42 Å². The zero-order valence-electron chi connectivity index (χ0n) is 13.6. The molecule has 0 amide bonds. The van der Waals surface area contributed by atoms with Crippen LogP contribution < -0.4 is 5.32 Å². The second-order valence-electron chi connectivity index (χ2n) is 6.75. The quantitative estimate of drug-likeness (QED) is 0.760. The van der Waals surface area contributed by atoms with Gasteiger partial charge in [0.15, 0.2) is 0 Å². The predicted octanol–water partition coefficient (Wildman–Crippen LogP) is 1.82. The van der Waals surface area contributed by atoms with E-state index < -0.39 is 10.2 Å². The third kappa shape index (κ3) is 4.18. The van der Waals surface area contributed by atoms with Crippen molar-refractivity contribution in [2.24, 2.45) is 5.41 Å². The summed E-state index contributed by atoms with van der Waals surface area (Å²) in [4.78, 5) is 0. The molecular formula is C15H31N3O2S. The van der Waals surface area contributed by atoms with E-state index in [2.05, 4.69) is 5.32 Å². The molecule has 1 N–H and O–H groups in total. The minimum Gasteiger partial charge on any atom is -0.320 e. The molecule has 2 aliphatic rings. The highest BCUT2D eigenvalue weighted by molar-refractivity contribution is 7.86. The normalized spacial score (nSPS) is 23.8. The van der Waals surface area contributed by atoms with Crippen molar-refractivity contribution in [1.29, 1.82) is 0 Å². The van der Waals surface area contributed by atoms with Crippen LogP contribution in [0.3, 0.4) is 0 Å². The monoisotopic (exact) mass is 317 g/mol. The van der Waals surface area contributed by atoms with Crippen LogP contribution in [0.2, 0.25) is 0 Å². The van der Waals surface area contributed by atoms with Gasteiger partial charge in [0, 0.05) is 26.7 Å². The number of hydrogen-bond acceptors (Lipinski definition) is 3. The molecule has 124 valence electrons. The molecule has 0 aromatic rings. The van der Waals surface area contributed by atoms with Gasteiger partial charge in [-0.15, -0.1) is 0 Å². The van der Waals surface area contributed by atoms with E-state index in [1.165, 1.54) is 36.4 Å². The molecule has 1 saturated carbocycles. The van der Waals surface area contributed by atoms with Crippen molar-refractivity contribution < 1.29 is 8.42 Å². The van der Waals surface area contributed by atoms with Crippen molar-refractivity contribution in [2.45, 2.75) is 51.4 Å². The minimum atomic E-state index is -3.26. The first-order chi connectivity index (χ1) is 10.0. The molecule has 2 rings (SSSR count). The first kappa shape index (κ1) is 17.2. The summed E-state index contributed by atoms with van der Waals surface area (Å²) in [6, 6.07) is 0. The van der Waals surface area contributed by atoms with Crippen LogP contribution in [0.25, 0.3) is 0 Å². The molecule has 6 heteroatoms. The first-order valence-electron chi connectivity index (χ1n) is 8.36. The van der Waals surface area contributed by atoms with Crippen molar-refractivity contribution >= 4 is 10.2 Å². The number of hydrogen-bond donors (Lipinski definition) is 1. The molecule has 21 heavy (non-hydrogen) atoms. The summed E-state index contributed by atoms with van der Waals surface area (Å²) in [7, 11) is 0.337. The Kier molecular flexibility index (Phi) is 6.05. The Hall–Kier alpha value is -0.170. The lowest BCUT2D eigenvalue weighted by atomic mass is 9.68. The van der Waals surface area contributed by atoms with Gasteiger partial charge in [0.2, 0.25) is 0 Å².